The van der Waals surface area contributed by atoms with Crippen molar-refractivity contribution in [1.29, 1.82) is 0 Å². The third-order valence-corrected chi connectivity index (χ3v) is 7.56. The second-order valence-corrected chi connectivity index (χ2v) is 9.90. The Labute approximate surface area is 213 Å². The van der Waals surface area contributed by atoms with Crippen LogP contribution in [0.2, 0.25) is 0 Å². The van der Waals surface area contributed by atoms with Gasteiger partial charge in [0.05, 0.1) is 30.6 Å². The van der Waals surface area contributed by atoms with Crippen LogP contribution < -0.4 is 4.90 Å². The van der Waals surface area contributed by atoms with Crippen molar-refractivity contribution in [2.24, 2.45) is 5.92 Å². The van der Waals surface area contributed by atoms with E-state index in [2.05, 4.69) is 15.5 Å². The van der Waals surface area contributed by atoms with Crippen molar-refractivity contribution in [3.8, 4) is 0 Å². The molecule has 0 radical (unpaired) electrons. The van der Waals surface area contributed by atoms with Gasteiger partial charge in [-0.15, -0.1) is 0 Å². The second kappa shape index (κ2) is 9.99. The van der Waals surface area contributed by atoms with E-state index < -0.39 is 17.6 Å². The van der Waals surface area contributed by atoms with E-state index in [0.29, 0.717) is 57.4 Å². The lowest BCUT2D eigenvalue weighted by Gasteiger charge is -2.32. The molecule has 1 N–H and O–H groups in total. The molecule has 2 aromatic carbocycles. The number of imidazole rings is 1. The molecule has 0 aliphatic carbocycles. The number of hydrogen-bond acceptors (Lipinski definition) is 5. The van der Waals surface area contributed by atoms with Crippen molar-refractivity contribution in [3.63, 3.8) is 0 Å². The summed E-state index contributed by atoms with van der Waals surface area (Å²) >= 11 is 0. The van der Waals surface area contributed by atoms with Crippen molar-refractivity contribution >= 4 is 29.0 Å². The number of rotatable bonds is 5. The number of anilines is 1. The zero-order valence-electron chi connectivity index (χ0n) is 20.9. The van der Waals surface area contributed by atoms with E-state index in [1.807, 2.05) is 13.0 Å². The molecule has 2 aliphatic heterocycles. The van der Waals surface area contributed by atoms with Crippen molar-refractivity contribution in [1.82, 2.24) is 14.5 Å². The molecule has 1 aromatic heterocycles. The molecule has 3 aromatic rings. The first-order valence-electron chi connectivity index (χ1n) is 12.5. The zero-order valence-corrected chi connectivity index (χ0v) is 20.9. The molecule has 0 bridgehead atoms. The Kier molecular flexibility index (Phi) is 6.74. The predicted molar refractivity (Wildman–Crippen MR) is 134 cm³/mol. The SMILES string of the molecule is COC(=O)N1CCc2ccc3c(nc(N4CCC(C(=O)O)CC4)n3[C@@H](C)Cc3ccc(F)c(F)c3)c2C1. The molecule has 0 unspecified atom stereocenters. The number of ether oxygens (including phenoxy) is 1. The van der Waals surface area contributed by atoms with Gasteiger partial charge in [0.15, 0.2) is 11.6 Å². The molecular formula is C27H30F2N4O4. The second-order valence-electron chi connectivity index (χ2n) is 9.90. The summed E-state index contributed by atoms with van der Waals surface area (Å²) in [5.41, 5.74) is 4.43. The molecule has 0 spiro atoms. The van der Waals surface area contributed by atoms with Gasteiger partial charge in [0.1, 0.15) is 0 Å². The number of halogens is 2. The molecule has 3 heterocycles. The molecule has 1 atom stereocenters. The van der Waals surface area contributed by atoms with Crippen LogP contribution in [0.3, 0.4) is 0 Å². The number of hydrogen-bond donors (Lipinski definition) is 1. The van der Waals surface area contributed by atoms with Gasteiger partial charge in [-0.05, 0) is 61.9 Å². The fourth-order valence-electron chi connectivity index (χ4n) is 5.55. The minimum atomic E-state index is -0.881. The van der Waals surface area contributed by atoms with Crippen LogP contribution in [-0.4, -0.2) is 58.4 Å². The Morgan fingerprint density at radius 2 is 1.89 bits per heavy atom. The number of methoxy groups -OCH3 is 1. The first kappa shape index (κ1) is 25.0. The van der Waals surface area contributed by atoms with Crippen LogP contribution in [0, 0.1) is 17.6 Å². The maximum absolute atomic E-state index is 13.9. The number of benzene rings is 2. The van der Waals surface area contributed by atoms with Gasteiger partial charge in [-0.1, -0.05) is 12.1 Å². The normalized spacial score (nSPS) is 17.1. The molecule has 1 amide bonds. The highest BCUT2D eigenvalue weighted by atomic mass is 19.2. The molecule has 10 heteroatoms. The minimum absolute atomic E-state index is 0.152. The maximum Gasteiger partial charge on any atom is 0.409 e. The number of aromatic nitrogens is 2. The van der Waals surface area contributed by atoms with Gasteiger partial charge in [0, 0.05) is 31.2 Å². The van der Waals surface area contributed by atoms with Crippen LogP contribution in [0.5, 0.6) is 0 Å². The highest BCUT2D eigenvalue weighted by Gasteiger charge is 2.31. The van der Waals surface area contributed by atoms with Gasteiger partial charge in [-0.25, -0.2) is 18.6 Å². The summed E-state index contributed by atoms with van der Waals surface area (Å²) in [6.07, 6.45) is 1.79. The lowest BCUT2D eigenvalue weighted by Crippen LogP contribution is -2.38. The topological polar surface area (TPSA) is 87.9 Å². The summed E-state index contributed by atoms with van der Waals surface area (Å²) < 4.78 is 34.5. The van der Waals surface area contributed by atoms with E-state index in [-0.39, 0.29) is 18.1 Å². The fourth-order valence-corrected chi connectivity index (χ4v) is 5.55. The van der Waals surface area contributed by atoms with Crippen LogP contribution >= 0.6 is 0 Å². The number of carboxylic acid groups (broad SMARTS) is 1. The van der Waals surface area contributed by atoms with Gasteiger partial charge in [-0.3, -0.25) is 4.79 Å². The van der Waals surface area contributed by atoms with Gasteiger partial charge >= 0.3 is 12.1 Å². The standard InChI is InChI=1S/C27H30F2N4O4/c1-16(13-17-3-5-21(28)22(29)14-17)33-23-6-4-18-7-12-32(27(36)37-2)15-20(18)24(23)30-26(33)31-10-8-19(9-11-31)25(34)35/h3-6,14,16,19H,7-13,15H2,1-2H3,(H,34,35)/t16-/m0/s1. The van der Waals surface area contributed by atoms with E-state index in [0.717, 1.165) is 34.2 Å². The number of nitrogens with zero attached hydrogens (tertiary/aromatic N) is 4. The average Bonchev–Trinajstić information content (AvgIpc) is 3.30. The monoisotopic (exact) mass is 512 g/mol. The molecule has 8 nitrogen and oxygen atoms in total. The third kappa shape index (κ3) is 4.72. The number of fused-ring (bicyclic) bond motifs is 3. The van der Waals surface area contributed by atoms with Crippen LogP contribution in [0.4, 0.5) is 19.5 Å². The van der Waals surface area contributed by atoms with Crippen LogP contribution in [0.1, 0.15) is 42.5 Å². The molecule has 5 rings (SSSR count). The van der Waals surface area contributed by atoms with Gasteiger partial charge < -0.3 is 24.2 Å². The van der Waals surface area contributed by atoms with Gasteiger partial charge in [0.2, 0.25) is 5.95 Å². The summed E-state index contributed by atoms with van der Waals surface area (Å²) in [4.78, 5) is 32.6. The van der Waals surface area contributed by atoms with E-state index in [1.165, 1.54) is 13.2 Å². The third-order valence-electron chi connectivity index (χ3n) is 7.56. The highest BCUT2D eigenvalue weighted by molar-refractivity contribution is 5.85. The maximum atomic E-state index is 13.9. The molecule has 1 saturated heterocycles. The first-order valence-corrected chi connectivity index (χ1v) is 12.5. The highest BCUT2D eigenvalue weighted by Crippen LogP contribution is 2.35. The quantitative estimate of drug-likeness (QED) is 0.540. The van der Waals surface area contributed by atoms with E-state index in [4.69, 9.17) is 9.72 Å². The summed E-state index contributed by atoms with van der Waals surface area (Å²) in [6.45, 7) is 4.06. The Balaban J connectivity index is 1.56. The first-order chi connectivity index (χ1) is 17.8. The Hall–Kier alpha value is -3.69. The van der Waals surface area contributed by atoms with Gasteiger partial charge in [0.25, 0.3) is 0 Å². The van der Waals surface area contributed by atoms with Crippen molar-refractivity contribution < 1.29 is 28.2 Å². The van der Waals surface area contributed by atoms with E-state index in [9.17, 15) is 23.5 Å². The summed E-state index contributed by atoms with van der Waals surface area (Å²) in [6, 6.07) is 7.89. The Morgan fingerprint density at radius 1 is 1.14 bits per heavy atom. The summed E-state index contributed by atoms with van der Waals surface area (Å²) in [5.74, 6) is -2.20. The smallest absolute Gasteiger partial charge is 0.409 e. The van der Waals surface area contributed by atoms with Gasteiger partial charge in [-0.2, -0.15) is 0 Å². The van der Waals surface area contributed by atoms with Crippen LogP contribution in [0.15, 0.2) is 30.3 Å². The van der Waals surface area contributed by atoms with Crippen molar-refractivity contribution in [2.45, 2.75) is 45.2 Å². The van der Waals surface area contributed by atoms with Crippen molar-refractivity contribution in [2.75, 3.05) is 31.6 Å². The largest absolute Gasteiger partial charge is 0.481 e. The minimum Gasteiger partial charge on any atom is -0.481 e. The molecule has 2 aliphatic rings. The van der Waals surface area contributed by atoms with E-state index >= 15 is 0 Å². The number of carbonyl (C=O) groups excluding carboxylic acids is 1. The Morgan fingerprint density at radius 3 is 2.57 bits per heavy atom. The van der Waals surface area contributed by atoms with Crippen LogP contribution in [-0.2, 0) is 28.9 Å². The summed E-state index contributed by atoms with van der Waals surface area (Å²) in [7, 11) is 1.37. The summed E-state index contributed by atoms with van der Waals surface area (Å²) in [5, 5.41) is 9.44. The van der Waals surface area contributed by atoms with E-state index in [1.54, 1.807) is 11.0 Å². The number of amides is 1. The molecular weight excluding hydrogens is 482 g/mol. The number of aliphatic carboxylic acids is 1. The molecule has 196 valence electrons. The number of carbonyl (C=O) groups is 2. The molecule has 1 fully saturated rings. The zero-order chi connectivity index (χ0) is 26.3. The molecule has 0 saturated carbocycles. The lowest BCUT2D eigenvalue weighted by molar-refractivity contribution is -0.142. The van der Waals surface area contributed by atoms with Crippen molar-refractivity contribution in [3.05, 3.63) is 58.7 Å². The number of piperidine rings is 1. The predicted octanol–water partition coefficient (Wildman–Crippen LogP) is 4.54. The van der Waals surface area contributed by atoms with Crippen LogP contribution in [0.25, 0.3) is 11.0 Å². The fraction of sp³-hybridized carbons (Fsp3) is 0.444. The number of carboxylic acids is 1. The Bertz CT molecular complexity index is 1350. The average molecular weight is 513 g/mol. The molecule has 37 heavy (non-hydrogen) atoms. The lowest BCUT2D eigenvalue weighted by atomic mass is 9.97.